The normalized spacial score (nSPS) is 19.8. The van der Waals surface area contributed by atoms with Crippen molar-refractivity contribution in [3.05, 3.63) is 65.7 Å². The number of ether oxygens (including phenoxy) is 1. The Morgan fingerprint density at radius 2 is 1.65 bits per heavy atom. The third kappa shape index (κ3) is 5.29. The van der Waals surface area contributed by atoms with E-state index in [0.717, 1.165) is 37.7 Å². The van der Waals surface area contributed by atoms with Crippen molar-refractivity contribution in [2.24, 2.45) is 0 Å². The molecule has 1 aliphatic carbocycles. The summed E-state index contributed by atoms with van der Waals surface area (Å²) in [6.07, 6.45) is 6.00. The predicted molar refractivity (Wildman–Crippen MR) is 133 cm³/mol. The van der Waals surface area contributed by atoms with Crippen LogP contribution in [0.1, 0.15) is 60.9 Å². The van der Waals surface area contributed by atoms with E-state index in [1.165, 1.54) is 7.11 Å². The van der Waals surface area contributed by atoms with Gasteiger partial charge in [-0.1, -0.05) is 61.7 Å². The Morgan fingerprint density at radius 1 is 1.00 bits per heavy atom. The average molecular weight is 486 g/mol. The Bertz CT molecular complexity index is 1060. The van der Waals surface area contributed by atoms with Gasteiger partial charge in [-0.3, -0.25) is 4.79 Å². The molecule has 8 heteroatoms. The zero-order valence-electron chi connectivity index (χ0n) is 19.8. The molecular formula is C26H35N3O4S. The summed E-state index contributed by atoms with van der Waals surface area (Å²) in [5.74, 6) is -0.0410. The molecule has 2 aromatic rings. The molecule has 0 spiro atoms. The number of piperidine rings is 1. The van der Waals surface area contributed by atoms with Gasteiger partial charge in [0.15, 0.2) is 5.37 Å². The van der Waals surface area contributed by atoms with Crippen molar-refractivity contribution in [2.75, 3.05) is 20.2 Å². The fraction of sp³-hybridized carbons (Fsp3) is 0.500. The minimum absolute atomic E-state index is 0.0982. The van der Waals surface area contributed by atoms with Crippen LogP contribution in [0, 0.1) is 0 Å². The van der Waals surface area contributed by atoms with E-state index in [1.807, 2.05) is 30.3 Å². The molecular weight excluding hydrogens is 450 g/mol. The molecule has 7 nitrogen and oxygen atoms in total. The Kier molecular flexibility index (Phi) is 7.91. The zero-order chi connectivity index (χ0) is 24.0. The minimum Gasteiger partial charge on any atom is -0.496 e. The van der Waals surface area contributed by atoms with Gasteiger partial charge in [-0.25, -0.2) is 13.1 Å². The predicted octanol–water partition coefficient (Wildman–Crippen LogP) is 3.32. The molecule has 1 atom stereocenters. The number of hydrogen-bond donors (Lipinski definition) is 3. The van der Waals surface area contributed by atoms with Gasteiger partial charge in [0.25, 0.3) is 5.91 Å². The minimum atomic E-state index is -3.90. The molecule has 1 unspecified atom stereocenters. The van der Waals surface area contributed by atoms with Crippen LogP contribution in [-0.4, -0.2) is 45.9 Å². The molecule has 1 saturated carbocycles. The number of para-hydroxylation sites is 1. The van der Waals surface area contributed by atoms with Crippen molar-refractivity contribution in [3.8, 4) is 5.75 Å². The van der Waals surface area contributed by atoms with Gasteiger partial charge in [0.05, 0.1) is 12.7 Å². The highest BCUT2D eigenvalue weighted by Gasteiger charge is 2.49. The first-order chi connectivity index (χ1) is 16.5. The summed E-state index contributed by atoms with van der Waals surface area (Å²) in [7, 11) is -2.40. The van der Waals surface area contributed by atoms with Gasteiger partial charge in [-0.2, -0.15) is 0 Å². The smallest absolute Gasteiger partial charge is 0.256 e. The number of benzene rings is 2. The first-order valence-electron chi connectivity index (χ1n) is 12.2. The van der Waals surface area contributed by atoms with Crippen LogP contribution >= 0.6 is 0 Å². The summed E-state index contributed by atoms with van der Waals surface area (Å²) in [4.78, 5) is 13.5. The van der Waals surface area contributed by atoms with Gasteiger partial charge in [-0.05, 0) is 56.5 Å². The van der Waals surface area contributed by atoms with E-state index >= 15 is 0 Å². The van der Waals surface area contributed by atoms with Crippen LogP contribution in [0.25, 0.3) is 0 Å². The fourth-order valence-electron chi connectivity index (χ4n) is 5.41. The molecule has 0 bridgehead atoms. The fourth-order valence-corrected chi connectivity index (χ4v) is 7.47. The second-order valence-electron chi connectivity index (χ2n) is 9.32. The maximum absolute atomic E-state index is 14.0. The molecule has 4 rings (SSSR count). The van der Waals surface area contributed by atoms with Crippen LogP contribution in [0.15, 0.2) is 54.6 Å². The van der Waals surface area contributed by atoms with E-state index in [2.05, 4.69) is 15.4 Å². The molecule has 3 N–H and O–H groups in total. The van der Waals surface area contributed by atoms with E-state index in [4.69, 9.17) is 4.74 Å². The summed E-state index contributed by atoms with van der Waals surface area (Å²) in [6, 6.07) is 16.5. The summed E-state index contributed by atoms with van der Waals surface area (Å²) in [6.45, 7) is 1.35. The first kappa shape index (κ1) is 24.7. The van der Waals surface area contributed by atoms with Crippen molar-refractivity contribution in [2.45, 2.75) is 61.8 Å². The van der Waals surface area contributed by atoms with E-state index in [0.29, 0.717) is 37.2 Å². The highest BCUT2D eigenvalue weighted by molar-refractivity contribution is 7.90. The lowest BCUT2D eigenvalue weighted by Crippen LogP contribution is -2.61. The summed E-state index contributed by atoms with van der Waals surface area (Å²) < 4.78 is 36.4. The van der Waals surface area contributed by atoms with E-state index in [9.17, 15) is 13.2 Å². The number of amides is 1. The number of carbonyl (C=O) groups is 1. The first-order valence-corrected chi connectivity index (χ1v) is 13.7. The van der Waals surface area contributed by atoms with E-state index in [-0.39, 0.29) is 6.04 Å². The average Bonchev–Trinajstić information content (AvgIpc) is 2.88. The van der Waals surface area contributed by atoms with Crippen LogP contribution in [0.4, 0.5) is 0 Å². The van der Waals surface area contributed by atoms with E-state index < -0.39 is 26.7 Å². The maximum Gasteiger partial charge on any atom is 0.256 e. The number of sulfonamides is 1. The molecule has 1 aliphatic heterocycles. The Labute approximate surface area is 202 Å². The van der Waals surface area contributed by atoms with Crippen molar-refractivity contribution < 1.29 is 17.9 Å². The number of nitrogens with one attached hydrogen (secondary N) is 3. The van der Waals surface area contributed by atoms with Gasteiger partial charge in [-0.15, -0.1) is 0 Å². The summed E-state index contributed by atoms with van der Waals surface area (Å²) >= 11 is 0. The van der Waals surface area contributed by atoms with Gasteiger partial charge < -0.3 is 15.4 Å². The molecule has 184 valence electrons. The molecule has 0 aromatic heterocycles. The van der Waals surface area contributed by atoms with Gasteiger partial charge >= 0.3 is 0 Å². The third-order valence-electron chi connectivity index (χ3n) is 7.21. The maximum atomic E-state index is 14.0. The van der Waals surface area contributed by atoms with Gasteiger partial charge in [0.1, 0.15) is 5.75 Å². The van der Waals surface area contributed by atoms with Gasteiger partial charge in [0, 0.05) is 11.5 Å². The quantitative estimate of drug-likeness (QED) is 0.533. The van der Waals surface area contributed by atoms with E-state index in [1.54, 1.807) is 24.3 Å². The Hall–Kier alpha value is -2.42. The third-order valence-corrected chi connectivity index (χ3v) is 9.06. The highest BCUT2D eigenvalue weighted by atomic mass is 32.2. The number of carbonyl (C=O) groups excluding carboxylic acids is 1. The second-order valence-corrected chi connectivity index (χ2v) is 11.1. The van der Waals surface area contributed by atoms with Crippen molar-refractivity contribution >= 4 is 15.9 Å². The standard InChI is InChI=1S/C26H35N3O4S/c1-33-23-15-9-8-14-22(23)24(30)28-25(34(31,32)29-21-12-6-3-7-13-21)26(16-18-27-19-17-26)20-10-4-2-5-11-20/h2,4-5,8-11,14-15,21,25,27,29H,3,6-7,12-13,16-19H2,1H3,(H,28,30). The van der Waals surface area contributed by atoms with Crippen molar-refractivity contribution in [3.63, 3.8) is 0 Å². The largest absolute Gasteiger partial charge is 0.496 e. The van der Waals surface area contributed by atoms with Crippen molar-refractivity contribution in [1.29, 1.82) is 0 Å². The zero-order valence-corrected chi connectivity index (χ0v) is 20.6. The lowest BCUT2D eigenvalue weighted by molar-refractivity contribution is 0.0921. The van der Waals surface area contributed by atoms with Crippen molar-refractivity contribution in [1.82, 2.24) is 15.4 Å². The van der Waals surface area contributed by atoms with Crippen LogP contribution in [0.3, 0.4) is 0 Å². The van der Waals surface area contributed by atoms with Crippen LogP contribution in [-0.2, 0) is 15.4 Å². The molecule has 1 saturated heterocycles. The highest BCUT2D eigenvalue weighted by Crippen LogP contribution is 2.39. The van der Waals surface area contributed by atoms with Crippen LogP contribution in [0.2, 0.25) is 0 Å². The molecule has 1 amide bonds. The Balaban J connectivity index is 1.75. The lowest BCUT2D eigenvalue weighted by atomic mass is 9.72. The molecule has 34 heavy (non-hydrogen) atoms. The number of hydrogen-bond acceptors (Lipinski definition) is 5. The number of rotatable bonds is 8. The summed E-state index contributed by atoms with van der Waals surface area (Å²) in [5.41, 5.74) is 0.487. The second kappa shape index (κ2) is 10.9. The Morgan fingerprint density at radius 3 is 2.32 bits per heavy atom. The molecule has 2 fully saturated rings. The molecule has 2 aliphatic rings. The SMILES string of the molecule is COc1ccccc1C(=O)NC(C1(c2ccccc2)CCNCC1)S(=O)(=O)NC1CCCCC1. The lowest BCUT2D eigenvalue weighted by Gasteiger charge is -2.44. The number of methoxy groups -OCH3 is 1. The molecule has 1 heterocycles. The van der Waals surface area contributed by atoms with Gasteiger partial charge in [0.2, 0.25) is 10.0 Å². The monoisotopic (exact) mass is 485 g/mol. The summed E-state index contributed by atoms with van der Waals surface area (Å²) in [5, 5.41) is 5.18. The molecule has 0 radical (unpaired) electrons. The molecule has 2 aromatic carbocycles. The van der Waals surface area contributed by atoms with Crippen LogP contribution < -0.4 is 20.1 Å². The van der Waals surface area contributed by atoms with Crippen LogP contribution in [0.5, 0.6) is 5.75 Å². The topological polar surface area (TPSA) is 96.5 Å².